The molecule has 0 aliphatic rings. The molecule has 1 aromatic carbocycles. The third kappa shape index (κ3) is 2.71. The van der Waals surface area contributed by atoms with Crippen molar-refractivity contribution < 1.29 is 4.74 Å². The fourth-order valence-corrected chi connectivity index (χ4v) is 2.07. The van der Waals surface area contributed by atoms with E-state index in [0.717, 1.165) is 22.7 Å². The molecule has 4 heteroatoms. The summed E-state index contributed by atoms with van der Waals surface area (Å²) < 4.78 is 7.34. The summed E-state index contributed by atoms with van der Waals surface area (Å²) in [6.45, 7) is 4.70. The molecule has 0 aliphatic heterocycles. The predicted molar refractivity (Wildman–Crippen MR) is 74.7 cm³/mol. The van der Waals surface area contributed by atoms with E-state index in [4.69, 9.17) is 10.00 Å². The lowest BCUT2D eigenvalue weighted by Gasteiger charge is -2.14. The molecule has 0 unspecified atom stereocenters. The summed E-state index contributed by atoms with van der Waals surface area (Å²) >= 11 is 0. The van der Waals surface area contributed by atoms with Crippen LogP contribution in [0.3, 0.4) is 0 Å². The van der Waals surface area contributed by atoms with Crippen molar-refractivity contribution in [3.8, 4) is 11.8 Å². The van der Waals surface area contributed by atoms with Crippen LogP contribution in [0.2, 0.25) is 0 Å². The Morgan fingerprint density at radius 3 is 2.47 bits per heavy atom. The lowest BCUT2D eigenvalue weighted by atomic mass is 10.1. The number of nitrogens with one attached hydrogen (secondary N) is 1. The summed E-state index contributed by atoms with van der Waals surface area (Å²) in [6.07, 6.45) is 0. The van der Waals surface area contributed by atoms with E-state index in [9.17, 15) is 0 Å². The fraction of sp³-hybridized carbons (Fsp3) is 0.267. The average molecular weight is 255 g/mol. The van der Waals surface area contributed by atoms with Gasteiger partial charge in [-0.25, -0.2) is 0 Å². The molecule has 0 fully saturated rings. The number of methoxy groups -OCH3 is 1. The van der Waals surface area contributed by atoms with Gasteiger partial charge >= 0.3 is 0 Å². The zero-order valence-corrected chi connectivity index (χ0v) is 11.4. The third-order valence-electron chi connectivity index (χ3n) is 3.11. The third-order valence-corrected chi connectivity index (χ3v) is 3.11. The number of hydrogen-bond acceptors (Lipinski definition) is 3. The highest BCUT2D eigenvalue weighted by Crippen LogP contribution is 2.20. The van der Waals surface area contributed by atoms with E-state index in [1.54, 1.807) is 13.2 Å². The van der Waals surface area contributed by atoms with Gasteiger partial charge in [-0.2, -0.15) is 5.26 Å². The van der Waals surface area contributed by atoms with Crippen molar-refractivity contribution in [2.75, 3.05) is 12.5 Å². The van der Waals surface area contributed by atoms with E-state index in [0.29, 0.717) is 12.1 Å². The second kappa shape index (κ2) is 5.49. The van der Waals surface area contributed by atoms with Gasteiger partial charge in [0.1, 0.15) is 5.75 Å². The van der Waals surface area contributed by atoms with Crippen LogP contribution in [0.5, 0.6) is 5.75 Å². The molecule has 4 nitrogen and oxygen atoms in total. The van der Waals surface area contributed by atoms with Crippen molar-refractivity contribution in [2.45, 2.75) is 20.4 Å². The van der Waals surface area contributed by atoms with Crippen molar-refractivity contribution in [1.29, 1.82) is 5.26 Å². The van der Waals surface area contributed by atoms with Crippen LogP contribution in [0.1, 0.15) is 22.5 Å². The maximum absolute atomic E-state index is 8.95. The highest BCUT2D eigenvalue weighted by molar-refractivity contribution is 5.42. The summed E-state index contributed by atoms with van der Waals surface area (Å²) in [7, 11) is 1.64. The van der Waals surface area contributed by atoms with Crippen LogP contribution in [-0.4, -0.2) is 11.8 Å². The minimum absolute atomic E-state index is 0.606. The number of rotatable bonds is 4. The molecular weight excluding hydrogens is 238 g/mol. The molecule has 0 atom stereocenters. The van der Waals surface area contributed by atoms with E-state index in [1.807, 2.05) is 30.7 Å². The van der Waals surface area contributed by atoms with E-state index >= 15 is 0 Å². The number of ether oxygens (including phenoxy) is 1. The zero-order chi connectivity index (χ0) is 13.8. The molecule has 98 valence electrons. The van der Waals surface area contributed by atoms with Gasteiger partial charge in [0, 0.05) is 17.0 Å². The van der Waals surface area contributed by atoms with Crippen LogP contribution < -0.4 is 10.2 Å². The second-order valence-corrected chi connectivity index (χ2v) is 4.42. The molecule has 1 aromatic heterocycles. The van der Waals surface area contributed by atoms with Gasteiger partial charge in [0.25, 0.3) is 0 Å². The van der Waals surface area contributed by atoms with Crippen molar-refractivity contribution >= 4 is 0 Å². The van der Waals surface area contributed by atoms with Crippen LogP contribution >= 0.6 is 0 Å². The minimum Gasteiger partial charge on any atom is -0.496 e. The summed E-state index contributed by atoms with van der Waals surface area (Å²) in [5.41, 5.74) is 7.23. The summed E-state index contributed by atoms with van der Waals surface area (Å²) in [4.78, 5) is 0. The minimum atomic E-state index is 0.606. The normalized spacial score (nSPS) is 10.0. The van der Waals surface area contributed by atoms with Crippen LogP contribution in [0.4, 0.5) is 0 Å². The molecule has 0 amide bonds. The first-order valence-electron chi connectivity index (χ1n) is 6.11. The zero-order valence-electron chi connectivity index (χ0n) is 11.4. The van der Waals surface area contributed by atoms with Crippen LogP contribution in [0, 0.1) is 25.2 Å². The average Bonchev–Trinajstić information content (AvgIpc) is 2.75. The first-order chi connectivity index (χ1) is 9.15. The second-order valence-electron chi connectivity index (χ2n) is 4.42. The van der Waals surface area contributed by atoms with Gasteiger partial charge in [-0.05, 0) is 44.2 Å². The SMILES string of the molecule is COc1ccc(C#N)cc1CNn1c(C)ccc1C. The molecule has 0 aliphatic carbocycles. The number of aromatic nitrogens is 1. The molecule has 0 spiro atoms. The molecule has 0 bridgehead atoms. The largest absolute Gasteiger partial charge is 0.496 e. The van der Waals surface area contributed by atoms with Gasteiger partial charge in [-0.1, -0.05) is 0 Å². The van der Waals surface area contributed by atoms with E-state index < -0.39 is 0 Å². The molecule has 19 heavy (non-hydrogen) atoms. The first-order valence-corrected chi connectivity index (χ1v) is 6.11. The molecule has 1 heterocycles. The van der Waals surface area contributed by atoms with Gasteiger partial charge in [-0.3, -0.25) is 4.68 Å². The van der Waals surface area contributed by atoms with Crippen molar-refractivity contribution in [3.63, 3.8) is 0 Å². The van der Waals surface area contributed by atoms with Crippen LogP contribution in [-0.2, 0) is 6.54 Å². The first kappa shape index (κ1) is 13.0. The number of benzene rings is 1. The topological polar surface area (TPSA) is 50.0 Å². The maximum Gasteiger partial charge on any atom is 0.123 e. The summed E-state index contributed by atoms with van der Waals surface area (Å²) in [5, 5.41) is 8.95. The quantitative estimate of drug-likeness (QED) is 0.913. The maximum atomic E-state index is 8.95. The van der Waals surface area contributed by atoms with Crippen LogP contribution in [0.25, 0.3) is 0 Å². The Labute approximate surface area is 113 Å². The Hall–Kier alpha value is -2.41. The summed E-state index contributed by atoms with van der Waals surface area (Å²) in [5.74, 6) is 0.786. The lowest BCUT2D eigenvalue weighted by molar-refractivity contribution is 0.409. The number of nitrogens with zero attached hydrogens (tertiary/aromatic N) is 2. The van der Waals surface area contributed by atoms with Crippen molar-refractivity contribution in [2.24, 2.45) is 0 Å². The molecule has 0 saturated heterocycles. The Bertz CT molecular complexity index is 603. The standard InChI is InChI=1S/C15H17N3O/c1-11-4-5-12(2)18(11)17-10-14-8-13(9-16)6-7-15(14)19-3/h4-8,17H,10H2,1-3H3. The van der Waals surface area contributed by atoms with Gasteiger partial charge in [0.05, 0.1) is 25.3 Å². The lowest BCUT2D eigenvalue weighted by Crippen LogP contribution is -2.17. The molecule has 1 N–H and O–H groups in total. The highest BCUT2D eigenvalue weighted by Gasteiger charge is 2.06. The van der Waals surface area contributed by atoms with Gasteiger partial charge in [0.15, 0.2) is 0 Å². The van der Waals surface area contributed by atoms with E-state index in [2.05, 4.69) is 23.6 Å². The number of hydrogen-bond donors (Lipinski definition) is 1. The van der Waals surface area contributed by atoms with Crippen LogP contribution in [0.15, 0.2) is 30.3 Å². The van der Waals surface area contributed by atoms with Gasteiger partial charge in [-0.15, -0.1) is 0 Å². The molecule has 2 aromatic rings. The number of nitriles is 1. The highest BCUT2D eigenvalue weighted by atomic mass is 16.5. The fourth-order valence-electron chi connectivity index (χ4n) is 2.07. The monoisotopic (exact) mass is 255 g/mol. The van der Waals surface area contributed by atoms with Crippen molar-refractivity contribution in [1.82, 2.24) is 4.68 Å². The molecule has 0 radical (unpaired) electrons. The Morgan fingerprint density at radius 2 is 1.89 bits per heavy atom. The van der Waals surface area contributed by atoms with Gasteiger partial charge in [0.2, 0.25) is 0 Å². The van der Waals surface area contributed by atoms with E-state index in [-0.39, 0.29) is 0 Å². The number of aryl methyl sites for hydroxylation is 2. The predicted octanol–water partition coefficient (Wildman–Crippen LogP) is 2.73. The van der Waals surface area contributed by atoms with Gasteiger partial charge < -0.3 is 10.2 Å². The Balaban J connectivity index is 2.21. The summed E-state index contributed by atoms with van der Waals surface area (Å²) in [6, 6.07) is 11.7. The van der Waals surface area contributed by atoms with E-state index in [1.165, 1.54) is 0 Å². The Kier molecular flexibility index (Phi) is 3.76. The molecular formula is C15H17N3O. The van der Waals surface area contributed by atoms with Crippen molar-refractivity contribution in [3.05, 3.63) is 52.8 Å². The molecule has 0 saturated carbocycles. The molecule has 2 rings (SSSR count). The smallest absolute Gasteiger partial charge is 0.123 e. The Morgan fingerprint density at radius 1 is 1.21 bits per heavy atom.